The van der Waals surface area contributed by atoms with Crippen LogP contribution in [-0.4, -0.2) is 52.9 Å². The average Bonchev–Trinajstić information content (AvgIpc) is 2.41. The summed E-state index contributed by atoms with van der Waals surface area (Å²) >= 11 is 0. The van der Waals surface area contributed by atoms with Crippen LogP contribution in [0.1, 0.15) is 32.8 Å². The first kappa shape index (κ1) is 19.9. The number of nitrogens with zero attached hydrogens (tertiary/aromatic N) is 1. The predicted molar refractivity (Wildman–Crippen MR) is 95.6 cm³/mol. The lowest BCUT2D eigenvalue weighted by atomic mass is 9.87. The number of hydrogen-bond donors (Lipinski definition) is 1. The van der Waals surface area contributed by atoms with Crippen molar-refractivity contribution in [2.45, 2.75) is 32.6 Å². The van der Waals surface area contributed by atoms with Gasteiger partial charge in [-0.1, -0.05) is 32.9 Å². The maximum Gasteiger partial charge on any atom is 0.208 e. The largest absolute Gasteiger partial charge is 0.494 e. The molecule has 1 aromatic carbocycles. The highest BCUT2D eigenvalue weighted by atomic mass is 32.2. The lowest BCUT2D eigenvalue weighted by molar-refractivity contribution is 0.264. The fraction of sp³-hybridized carbons (Fsp3) is 0.647. The Kier molecular flexibility index (Phi) is 7.51. The smallest absolute Gasteiger partial charge is 0.208 e. The van der Waals surface area contributed by atoms with Gasteiger partial charge < -0.3 is 9.64 Å². The summed E-state index contributed by atoms with van der Waals surface area (Å²) < 4.78 is 30.3. The van der Waals surface area contributed by atoms with Crippen LogP contribution in [0.5, 0.6) is 5.75 Å². The summed E-state index contributed by atoms with van der Waals surface area (Å²) in [4.78, 5) is 2.09. The molecule has 23 heavy (non-hydrogen) atoms. The maximum atomic E-state index is 11.0. The molecule has 0 radical (unpaired) electrons. The minimum atomic E-state index is -3.10. The van der Waals surface area contributed by atoms with Gasteiger partial charge in [0, 0.05) is 19.6 Å². The van der Waals surface area contributed by atoms with Gasteiger partial charge in [0.15, 0.2) is 0 Å². The lowest BCUT2D eigenvalue weighted by Gasteiger charge is -2.20. The molecule has 5 nitrogen and oxygen atoms in total. The van der Waals surface area contributed by atoms with E-state index in [1.165, 1.54) is 11.8 Å². The minimum Gasteiger partial charge on any atom is -0.494 e. The first-order chi connectivity index (χ1) is 10.6. The number of rotatable bonds is 9. The summed E-state index contributed by atoms with van der Waals surface area (Å²) in [5.41, 5.74) is 1.38. The zero-order chi connectivity index (χ0) is 17.5. The molecule has 0 atom stereocenters. The monoisotopic (exact) mass is 342 g/mol. The summed E-state index contributed by atoms with van der Waals surface area (Å²) in [6.07, 6.45) is 2.07. The lowest BCUT2D eigenvalue weighted by Crippen LogP contribution is -2.33. The van der Waals surface area contributed by atoms with E-state index in [1.807, 2.05) is 19.2 Å². The molecule has 0 aliphatic rings. The Morgan fingerprint density at radius 2 is 1.91 bits per heavy atom. The van der Waals surface area contributed by atoms with E-state index in [2.05, 4.69) is 42.5 Å². The van der Waals surface area contributed by atoms with E-state index >= 15 is 0 Å². The Morgan fingerprint density at radius 1 is 1.22 bits per heavy atom. The Labute approximate surface area is 141 Å². The van der Waals surface area contributed by atoms with E-state index in [1.54, 1.807) is 0 Å². The molecule has 0 bridgehead atoms. The molecule has 1 aromatic rings. The van der Waals surface area contributed by atoms with Crippen LogP contribution in [0.15, 0.2) is 24.3 Å². The van der Waals surface area contributed by atoms with Gasteiger partial charge in [-0.3, -0.25) is 0 Å². The first-order valence-electron chi connectivity index (χ1n) is 7.94. The van der Waals surface area contributed by atoms with E-state index in [0.717, 1.165) is 18.7 Å². The fourth-order valence-electron chi connectivity index (χ4n) is 2.11. The molecule has 1 N–H and O–H groups in total. The molecule has 0 aliphatic heterocycles. The van der Waals surface area contributed by atoms with Crippen LogP contribution in [0.2, 0.25) is 0 Å². The van der Waals surface area contributed by atoms with Crippen molar-refractivity contribution in [3.05, 3.63) is 29.8 Å². The van der Waals surface area contributed by atoms with Gasteiger partial charge in [-0.15, -0.1) is 0 Å². The van der Waals surface area contributed by atoms with E-state index in [4.69, 9.17) is 4.74 Å². The van der Waals surface area contributed by atoms with Gasteiger partial charge in [0.25, 0.3) is 0 Å². The highest BCUT2D eigenvalue weighted by molar-refractivity contribution is 7.88. The highest BCUT2D eigenvalue weighted by Crippen LogP contribution is 2.25. The summed E-state index contributed by atoms with van der Waals surface area (Å²) in [5, 5.41) is 0. The topological polar surface area (TPSA) is 58.6 Å². The van der Waals surface area contributed by atoms with Crippen molar-refractivity contribution in [3.63, 3.8) is 0 Å². The molecular formula is C17H30N2O3S. The van der Waals surface area contributed by atoms with Crippen LogP contribution in [-0.2, 0) is 15.4 Å². The van der Waals surface area contributed by atoms with E-state index in [0.29, 0.717) is 19.7 Å². The van der Waals surface area contributed by atoms with Crippen molar-refractivity contribution in [1.82, 2.24) is 9.62 Å². The molecule has 6 heteroatoms. The van der Waals surface area contributed by atoms with Crippen LogP contribution < -0.4 is 9.46 Å². The van der Waals surface area contributed by atoms with Crippen molar-refractivity contribution in [1.29, 1.82) is 0 Å². The molecule has 0 amide bonds. The SMILES string of the molecule is CN(CCCOc1cccc(C(C)(C)C)c1)CCNS(C)(=O)=O. The number of nitrogens with one attached hydrogen (secondary N) is 1. The standard InChI is InChI=1S/C17H30N2O3S/c1-17(2,3)15-8-6-9-16(14-15)22-13-7-11-19(4)12-10-18-23(5,20)21/h6,8-9,14,18H,7,10-13H2,1-5H3. The summed E-state index contributed by atoms with van der Waals surface area (Å²) in [6.45, 7) is 9.20. The van der Waals surface area contributed by atoms with Crippen LogP contribution in [0.4, 0.5) is 0 Å². The van der Waals surface area contributed by atoms with Crippen molar-refractivity contribution in [3.8, 4) is 5.75 Å². The van der Waals surface area contributed by atoms with Crippen LogP contribution in [0, 0.1) is 0 Å². The van der Waals surface area contributed by atoms with E-state index in [9.17, 15) is 8.42 Å². The molecule has 1 rings (SSSR count). The Hall–Kier alpha value is -1.11. The van der Waals surface area contributed by atoms with Crippen molar-refractivity contribution in [2.24, 2.45) is 0 Å². The number of sulfonamides is 1. The Balaban J connectivity index is 2.27. The van der Waals surface area contributed by atoms with E-state index in [-0.39, 0.29) is 5.41 Å². The molecule has 0 fully saturated rings. The number of ether oxygens (including phenoxy) is 1. The number of benzene rings is 1. The zero-order valence-corrected chi connectivity index (χ0v) is 15.7. The molecule has 0 saturated carbocycles. The molecule has 0 aromatic heterocycles. The Morgan fingerprint density at radius 3 is 2.52 bits per heavy atom. The maximum absolute atomic E-state index is 11.0. The summed E-state index contributed by atoms with van der Waals surface area (Å²) in [6, 6.07) is 8.23. The zero-order valence-electron chi connectivity index (χ0n) is 14.9. The number of hydrogen-bond acceptors (Lipinski definition) is 4. The normalized spacial score (nSPS) is 12.6. The molecule has 132 valence electrons. The summed E-state index contributed by atoms with van der Waals surface area (Å²) in [5.74, 6) is 0.902. The van der Waals surface area contributed by atoms with Gasteiger partial charge in [-0.2, -0.15) is 0 Å². The van der Waals surface area contributed by atoms with Gasteiger partial charge in [0.05, 0.1) is 12.9 Å². The third-order valence-corrected chi connectivity index (χ3v) is 4.24. The molecular weight excluding hydrogens is 312 g/mol. The molecule has 0 aliphatic carbocycles. The van der Waals surface area contributed by atoms with Gasteiger partial charge >= 0.3 is 0 Å². The van der Waals surface area contributed by atoms with Gasteiger partial charge in [-0.25, -0.2) is 13.1 Å². The predicted octanol–water partition coefficient (Wildman–Crippen LogP) is 2.23. The number of likely N-dealkylation sites (N-methyl/N-ethyl adjacent to an activating group) is 1. The Bertz CT molecular complexity index is 580. The van der Waals surface area contributed by atoms with Crippen LogP contribution in [0.25, 0.3) is 0 Å². The molecule has 0 unspecified atom stereocenters. The van der Waals surface area contributed by atoms with Gasteiger partial charge in [-0.05, 0) is 36.6 Å². The second-order valence-electron chi connectivity index (χ2n) is 6.95. The third kappa shape index (κ3) is 8.93. The molecule has 0 saturated heterocycles. The van der Waals surface area contributed by atoms with Crippen molar-refractivity contribution < 1.29 is 13.2 Å². The van der Waals surface area contributed by atoms with Crippen molar-refractivity contribution >= 4 is 10.0 Å². The highest BCUT2D eigenvalue weighted by Gasteiger charge is 2.13. The summed E-state index contributed by atoms with van der Waals surface area (Å²) in [7, 11) is -1.12. The fourth-order valence-corrected chi connectivity index (χ4v) is 2.57. The van der Waals surface area contributed by atoms with Crippen molar-refractivity contribution in [2.75, 3.05) is 39.5 Å². The quantitative estimate of drug-likeness (QED) is 0.699. The third-order valence-electron chi connectivity index (χ3n) is 3.51. The molecule has 0 heterocycles. The second-order valence-corrected chi connectivity index (χ2v) is 8.78. The first-order valence-corrected chi connectivity index (χ1v) is 9.83. The molecule has 0 spiro atoms. The average molecular weight is 343 g/mol. The van der Waals surface area contributed by atoms with E-state index < -0.39 is 10.0 Å². The van der Waals surface area contributed by atoms with Gasteiger partial charge in [0.1, 0.15) is 5.75 Å². The van der Waals surface area contributed by atoms with Crippen LogP contribution in [0.3, 0.4) is 0 Å². The van der Waals surface area contributed by atoms with Crippen LogP contribution >= 0.6 is 0 Å². The minimum absolute atomic E-state index is 0.117. The second kappa shape index (κ2) is 8.66. The van der Waals surface area contributed by atoms with Gasteiger partial charge in [0.2, 0.25) is 10.0 Å².